The third-order valence-electron chi connectivity index (χ3n) is 3.70. The second-order valence-electron chi connectivity index (χ2n) is 6.44. The topological polar surface area (TPSA) is 77.8 Å². The van der Waals surface area contributed by atoms with Gasteiger partial charge in [-0.05, 0) is 0 Å². The van der Waals surface area contributed by atoms with Crippen molar-refractivity contribution >= 4 is 5.82 Å². The van der Waals surface area contributed by atoms with Gasteiger partial charge in [0.1, 0.15) is 18.0 Å². The normalized spacial score (nSPS) is 15.2. The van der Waals surface area contributed by atoms with Crippen LogP contribution in [-0.4, -0.2) is 37.9 Å². The van der Waals surface area contributed by atoms with Gasteiger partial charge in [-0.25, -0.2) is 9.97 Å². The Balaban J connectivity index is 1.72. The van der Waals surface area contributed by atoms with Gasteiger partial charge in [0.25, 0.3) is 0 Å². The van der Waals surface area contributed by atoms with Crippen molar-refractivity contribution < 1.29 is 4.74 Å². The second kappa shape index (κ2) is 6.00. The summed E-state index contributed by atoms with van der Waals surface area (Å²) < 4.78 is 7.61. The molecule has 2 aromatic heterocycles. The molecule has 1 N–H and O–H groups in total. The minimum absolute atomic E-state index is 0.00263. The number of aromatic nitrogens is 5. The Kier molecular flexibility index (Phi) is 4.06. The van der Waals surface area contributed by atoms with Crippen molar-refractivity contribution in [3.8, 4) is 0 Å². The predicted molar refractivity (Wildman–Crippen MR) is 82.6 cm³/mol. The molecule has 7 nitrogen and oxygen atoms in total. The van der Waals surface area contributed by atoms with Gasteiger partial charge in [-0.15, -0.1) is 10.2 Å². The molecule has 0 radical (unpaired) electrons. The first kappa shape index (κ1) is 14.9. The van der Waals surface area contributed by atoms with Crippen LogP contribution in [0.3, 0.4) is 0 Å². The Morgan fingerprint density at radius 1 is 1.23 bits per heavy atom. The van der Waals surface area contributed by atoms with Crippen molar-refractivity contribution in [1.82, 2.24) is 24.7 Å². The summed E-state index contributed by atoms with van der Waals surface area (Å²) >= 11 is 0. The van der Waals surface area contributed by atoms with Crippen LogP contribution >= 0.6 is 0 Å². The van der Waals surface area contributed by atoms with Crippen LogP contribution in [0.4, 0.5) is 5.82 Å². The SMILES string of the molecule is CC(C)(C)c1cc(NCc2nnc3n2CCOCC3)ncn1. The van der Waals surface area contributed by atoms with Gasteiger partial charge < -0.3 is 14.6 Å². The van der Waals surface area contributed by atoms with Crippen LogP contribution in [0.1, 0.15) is 38.1 Å². The van der Waals surface area contributed by atoms with Crippen LogP contribution in [0, 0.1) is 0 Å². The monoisotopic (exact) mass is 302 g/mol. The molecule has 0 spiro atoms. The molecule has 2 aromatic rings. The van der Waals surface area contributed by atoms with Gasteiger partial charge in [0.05, 0.1) is 25.5 Å². The smallest absolute Gasteiger partial charge is 0.152 e. The van der Waals surface area contributed by atoms with E-state index in [-0.39, 0.29) is 5.41 Å². The number of nitrogens with one attached hydrogen (secondary N) is 1. The predicted octanol–water partition coefficient (Wildman–Crippen LogP) is 1.55. The molecule has 0 unspecified atom stereocenters. The fourth-order valence-corrected chi connectivity index (χ4v) is 2.40. The Morgan fingerprint density at radius 2 is 2.09 bits per heavy atom. The van der Waals surface area contributed by atoms with Crippen LogP contribution in [0.5, 0.6) is 0 Å². The highest BCUT2D eigenvalue weighted by molar-refractivity contribution is 5.36. The highest BCUT2D eigenvalue weighted by Gasteiger charge is 2.17. The molecule has 0 aromatic carbocycles. The maximum Gasteiger partial charge on any atom is 0.152 e. The van der Waals surface area contributed by atoms with Gasteiger partial charge in [-0.3, -0.25) is 0 Å². The second-order valence-corrected chi connectivity index (χ2v) is 6.44. The van der Waals surface area contributed by atoms with Crippen LogP contribution in [0.25, 0.3) is 0 Å². The lowest BCUT2D eigenvalue weighted by molar-refractivity contribution is 0.139. The van der Waals surface area contributed by atoms with Gasteiger partial charge in [-0.2, -0.15) is 0 Å². The molecule has 0 amide bonds. The first-order chi connectivity index (χ1) is 10.5. The average Bonchev–Trinajstić information content (AvgIpc) is 2.72. The summed E-state index contributed by atoms with van der Waals surface area (Å²) in [5, 5.41) is 11.8. The molecule has 1 aliphatic rings. The summed E-state index contributed by atoms with van der Waals surface area (Å²) in [5.74, 6) is 2.71. The summed E-state index contributed by atoms with van der Waals surface area (Å²) in [6, 6.07) is 1.99. The maximum absolute atomic E-state index is 5.48. The fraction of sp³-hybridized carbons (Fsp3) is 0.600. The molecule has 3 heterocycles. The zero-order valence-corrected chi connectivity index (χ0v) is 13.3. The lowest BCUT2D eigenvalue weighted by Gasteiger charge is -2.18. The molecule has 7 heteroatoms. The van der Waals surface area contributed by atoms with Gasteiger partial charge in [0.2, 0.25) is 0 Å². The summed E-state index contributed by atoms with van der Waals surface area (Å²) in [7, 11) is 0. The number of anilines is 1. The molecule has 0 saturated heterocycles. The van der Waals surface area contributed by atoms with Crippen molar-refractivity contribution in [1.29, 1.82) is 0 Å². The van der Waals surface area contributed by atoms with Gasteiger partial charge in [0.15, 0.2) is 5.82 Å². The molecule has 0 atom stereocenters. The standard InChI is InChI=1S/C15H22N6O/c1-15(2,3)11-8-12(18-10-17-11)16-9-14-20-19-13-4-6-22-7-5-21(13)14/h8,10H,4-7,9H2,1-3H3,(H,16,17,18). The Hall–Kier alpha value is -2.02. The summed E-state index contributed by atoms with van der Waals surface area (Å²) in [4.78, 5) is 8.62. The van der Waals surface area contributed by atoms with E-state index in [9.17, 15) is 0 Å². The molecular weight excluding hydrogens is 280 g/mol. The molecule has 118 valence electrons. The number of ether oxygens (including phenoxy) is 1. The molecule has 0 bridgehead atoms. The van der Waals surface area contributed by atoms with Crippen molar-refractivity contribution in [2.75, 3.05) is 18.5 Å². The number of rotatable bonds is 3. The third kappa shape index (κ3) is 3.24. The number of fused-ring (bicyclic) bond motifs is 1. The van der Waals surface area contributed by atoms with E-state index in [1.807, 2.05) is 6.07 Å². The average molecular weight is 302 g/mol. The molecular formula is C15H22N6O. The van der Waals surface area contributed by atoms with Crippen molar-refractivity contribution in [3.05, 3.63) is 29.7 Å². The molecule has 0 saturated carbocycles. The van der Waals surface area contributed by atoms with E-state index in [1.54, 1.807) is 6.33 Å². The van der Waals surface area contributed by atoms with Gasteiger partial charge in [0, 0.05) is 24.4 Å². The van der Waals surface area contributed by atoms with E-state index in [0.29, 0.717) is 19.8 Å². The quantitative estimate of drug-likeness (QED) is 0.927. The van der Waals surface area contributed by atoms with Crippen LogP contribution in [0.15, 0.2) is 12.4 Å². The van der Waals surface area contributed by atoms with E-state index in [2.05, 4.69) is 50.8 Å². The zero-order chi connectivity index (χ0) is 15.6. The number of hydrogen-bond acceptors (Lipinski definition) is 6. The number of hydrogen-bond donors (Lipinski definition) is 1. The van der Waals surface area contributed by atoms with E-state index in [0.717, 1.165) is 36.1 Å². The number of nitrogens with zero attached hydrogens (tertiary/aromatic N) is 5. The van der Waals surface area contributed by atoms with E-state index >= 15 is 0 Å². The van der Waals surface area contributed by atoms with Gasteiger partial charge >= 0.3 is 0 Å². The first-order valence-corrected chi connectivity index (χ1v) is 7.59. The summed E-state index contributed by atoms with van der Waals surface area (Å²) in [5.41, 5.74) is 1.02. The minimum Gasteiger partial charge on any atom is -0.379 e. The van der Waals surface area contributed by atoms with Crippen LogP contribution in [-0.2, 0) is 29.7 Å². The highest BCUT2D eigenvalue weighted by Crippen LogP contribution is 2.21. The Labute approximate surface area is 130 Å². The Bertz CT molecular complexity index is 646. The molecule has 0 fully saturated rings. The van der Waals surface area contributed by atoms with Crippen LogP contribution in [0.2, 0.25) is 0 Å². The van der Waals surface area contributed by atoms with E-state index < -0.39 is 0 Å². The molecule has 22 heavy (non-hydrogen) atoms. The van der Waals surface area contributed by atoms with E-state index in [4.69, 9.17) is 4.74 Å². The van der Waals surface area contributed by atoms with Crippen molar-refractivity contribution in [2.45, 2.75) is 45.7 Å². The fourth-order valence-electron chi connectivity index (χ4n) is 2.40. The lowest BCUT2D eigenvalue weighted by atomic mass is 9.92. The minimum atomic E-state index is 0.00263. The van der Waals surface area contributed by atoms with Gasteiger partial charge in [-0.1, -0.05) is 20.8 Å². The molecule has 0 aliphatic carbocycles. The largest absolute Gasteiger partial charge is 0.379 e. The van der Waals surface area contributed by atoms with Crippen molar-refractivity contribution in [2.24, 2.45) is 0 Å². The van der Waals surface area contributed by atoms with Crippen molar-refractivity contribution in [3.63, 3.8) is 0 Å². The highest BCUT2D eigenvalue weighted by atomic mass is 16.5. The summed E-state index contributed by atoms with van der Waals surface area (Å²) in [6.07, 6.45) is 2.41. The Morgan fingerprint density at radius 3 is 2.91 bits per heavy atom. The van der Waals surface area contributed by atoms with Crippen LogP contribution < -0.4 is 5.32 Å². The van der Waals surface area contributed by atoms with E-state index in [1.165, 1.54) is 0 Å². The zero-order valence-electron chi connectivity index (χ0n) is 13.3. The molecule has 1 aliphatic heterocycles. The third-order valence-corrected chi connectivity index (χ3v) is 3.70. The summed E-state index contributed by atoms with van der Waals surface area (Å²) in [6.45, 7) is 9.22. The molecule has 3 rings (SSSR count). The lowest BCUT2D eigenvalue weighted by Crippen LogP contribution is -2.16. The first-order valence-electron chi connectivity index (χ1n) is 7.59. The maximum atomic E-state index is 5.48.